The summed E-state index contributed by atoms with van der Waals surface area (Å²) in [4.78, 5) is 45.1. The summed E-state index contributed by atoms with van der Waals surface area (Å²) in [5.41, 5.74) is -0.109. The number of nitro groups is 1. The van der Waals surface area contributed by atoms with Crippen LogP contribution in [0.3, 0.4) is 0 Å². The minimum absolute atomic E-state index is 0.0137. The van der Waals surface area contributed by atoms with Crippen molar-refractivity contribution >= 4 is 35.5 Å². The summed E-state index contributed by atoms with van der Waals surface area (Å²) in [5.74, 6) is 1.10. The van der Waals surface area contributed by atoms with Crippen molar-refractivity contribution in [2.75, 3.05) is 71.8 Å². The minimum atomic E-state index is -0.932. The molecule has 2 saturated heterocycles. The summed E-state index contributed by atoms with van der Waals surface area (Å²) in [7, 11) is 0. The van der Waals surface area contributed by atoms with Crippen molar-refractivity contribution in [3.8, 4) is 5.75 Å². The third kappa shape index (κ3) is 13.8. The number of rotatable bonds is 22. The van der Waals surface area contributed by atoms with Gasteiger partial charge in [-0.25, -0.2) is 9.59 Å². The summed E-state index contributed by atoms with van der Waals surface area (Å²) < 4.78 is 31.4. The Morgan fingerprint density at radius 1 is 0.907 bits per heavy atom. The number of nitrogens with one attached hydrogen (secondary N) is 3. The SMILES string of the molecule is O=C(CCCC[C@@H]1SC[C@@H]2NC(=O)N[C@@H]21)NCCOCCOCCOCCOCCOC(=O)Oc1ccc([N+](=O)[O-])cc1. The molecule has 240 valence electrons. The molecular weight excluding hydrogens is 588 g/mol. The van der Waals surface area contributed by atoms with Crippen LogP contribution in [0.25, 0.3) is 0 Å². The van der Waals surface area contributed by atoms with E-state index in [4.69, 9.17) is 28.4 Å². The van der Waals surface area contributed by atoms with Crippen LogP contribution >= 0.6 is 11.8 Å². The molecule has 16 heteroatoms. The Hall–Kier alpha value is -3.18. The first-order valence-corrected chi connectivity index (χ1v) is 15.3. The Kier molecular flexibility index (Phi) is 15.9. The number of thioether (sulfide) groups is 1. The van der Waals surface area contributed by atoms with E-state index < -0.39 is 11.1 Å². The van der Waals surface area contributed by atoms with Gasteiger partial charge >= 0.3 is 12.2 Å². The van der Waals surface area contributed by atoms with Gasteiger partial charge < -0.3 is 44.4 Å². The maximum atomic E-state index is 12.0. The lowest BCUT2D eigenvalue weighted by Gasteiger charge is -2.16. The van der Waals surface area contributed by atoms with Crippen LogP contribution in [0, 0.1) is 10.1 Å². The molecule has 0 aromatic heterocycles. The van der Waals surface area contributed by atoms with E-state index in [1.54, 1.807) is 0 Å². The average molecular weight is 629 g/mol. The Bertz CT molecular complexity index is 1020. The summed E-state index contributed by atoms with van der Waals surface area (Å²) >= 11 is 1.89. The number of ether oxygens (including phenoxy) is 6. The van der Waals surface area contributed by atoms with Gasteiger partial charge in [-0.2, -0.15) is 11.8 Å². The molecule has 3 atom stereocenters. The van der Waals surface area contributed by atoms with Gasteiger partial charge in [-0.15, -0.1) is 0 Å². The molecule has 0 aliphatic carbocycles. The maximum Gasteiger partial charge on any atom is 0.513 e. The van der Waals surface area contributed by atoms with Crippen molar-refractivity contribution in [3.63, 3.8) is 0 Å². The lowest BCUT2D eigenvalue weighted by molar-refractivity contribution is -0.384. The Labute approximate surface area is 254 Å². The highest BCUT2D eigenvalue weighted by molar-refractivity contribution is 8.00. The highest BCUT2D eigenvalue weighted by Gasteiger charge is 2.42. The summed E-state index contributed by atoms with van der Waals surface area (Å²) in [6, 6.07) is 5.42. The number of carbonyl (C=O) groups excluding carboxylic acids is 3. The second kappa shape index (κ2) is 19.9. The van der Waals surface area contributed by atoms with Gasteiger partial charge in [0.15, 0.2) is 0 Å². The van der Waals surface area contributed by atoms with Gasteiger partial charge in [-0.1, -0.05) is 6.42 Å². The third-order valence-corrected chi connectivity index (χ3v) is 7.97. The molecule has 1 aromatic carbocycles. The lowest BCUT2D eigenvalue weighted by atomic mass is 10.0. The molecule has 2 aliphatic heterocycles. The number of unbranched alkanes of at least 4 members (excludes halogenated alkanes) is 1. The van der Waals surface area contributed by atoms with Crippen LogP contribution in [0.2, 0.25) is 0 Å². The van der Waals surface area contributed by atoms with Gasteiger partial charge in [0.2, 0.25) is 5.91 Å². The first kappa shape index (κ1) is 34.3. The Balaban J connectivity index is 1.00. The Morgan fingerprint density at radius 3 is 2.19 bits per heavy atom. The fourth-order valence-electron chi connectivity index (χ4n) is 4.33. The van der Waals surface area contributed by atoms with Gasteiger partial charge in [0.05, 0.1) is 69.9 Å². The third-order valence-electron chi connectivity index (χ3n) is 6.46. The molecule has 3 rings (SSSR count). The average Bonchev–Trinajstić information content (AvgIpc) is 3.54. The first-order valence-electron chi connectivity index (χ1n) is 14.3. The molecule has 0 bridgehead atoms. The van der Waals surface area contributed by atoms with E-state index >= 15 is 0 Å². The summed E-state index contributed by atoms with van der Waals surface area (Å²) in [5, 5.41) is 19.8. The van der Waals surface area contributed by atoms with Gasteiger partial charge in [0, 0.05) is 36.1 Å². The van der Waals surface area contributed by atoms with E-state index in [9.17, 15) is 24.5 Å². The monoisotopic (exact) mass is 628 g/mol. The second-order valence-electron chi connectivity index (χ2n) is 9.62. The molecule has 0 radical (unpaired) electrons. The number of hydrogen-bond donors (Lipinski definition) is 3. The number of fused-ring (bicyclic) bond motifs is 1. The normalized spacial score (nSPS) is 18.9. The van der Waals surface area contributed by atoms with Crippen LogP contribution in [0.4, 0.5) is 15.3 Å². The van der Waals surface area contributed by atoms with Crippen molar-refractivity contribution in [3.05, 3.63) is 34.4 Å². The predicted molar refractivity (Wildman–Crippen MR) is 155 cm³/mol. The molecule has 3 amide bonds. The number of benzene rings is 1. The van der Waals surface area contributed by atoms with Crippen LogP contribution in [0.15, 0.2) is 24.3 Å². The van der Waals surface area contributed by atoms with Gasteiger partial charge in [-0.05, 0) is 25.0 Å². The highest BCUT2D eigenvalue weighted by atomic mass is 32.2. The van der Waals surface area contributed by atoms with E-state index in [-0.39, 0.29) is 48.7 Å². The highest BCUT2D eigenvalue weighted by Crippen LogP contribution is 2.33. The van der Waals surface area contributed by atoms with Gasteiger partial charge in [0.1, 0.15) is 12.4 Å². The molecule has 3 N–H and O–H groups in total. The lowest BCUT2D eigenvalue weighted by Crippen LogP contribution is -2.36. The molecule has 0 saturated carbocycles. The van der Waals surface area contributed by atoms with E-state index in [0.717, 1.165) is 25.0 Å². The van der Waals surface area contributed by atoms with Crippen LogP contribution in [-0.2, 0) is 28.5 Å². The minimum Gasteiger partial charge on any atom is -0.432 e. The number of carbonyl (C=O) groups is 3. The Morgan fingerprint density at radius 2 is 1.53 bits per heavy atom. The number of non-ortho nitro benzene ring substituents is 1. The molecule has 0 unspecified atom stereocenters. The molecule has 2 heterocycles. The number of nitro benzene ring substituents is 1. The molecule has 2 aliphatic rings. The molecule has 0 spiro atoms. The van der Waals surface area contributed by atoms with Crippen LogP contribution in [0.5, 0.6) is 5.75 Å². The van der Waals surface area contributed by atoms with Gasteiger partial charge in [0.25, 0.3) is 5.69 Å². The van der Waals surface area contributed by atoms with Crippen molar-refractivity contribution in [2.24, 2.45) is 0 Å². The number of hydrogen-bond acceptors (Lipinski definition) is 12. The summed E-state index contributed by atoms with van der Waals surface area (Å²) in [6.07, 6.45) is 2.33. The molecule has 2 fully saturated rings. The number of urea groups is 1. The van der Waals surface area contributed by atoms with E-state index in [2.05, 4.69) is 16.0 Å². The van der Waals surface area contributed by atoms with Gasteiger partial charge in [-0.3, -0.25) is 14.9 Å². The van der Waals surface area contributed by atoms with Crippen molar-refractivity contribution < 1.29 is 47.7 Å². The quantitative estimate of drug-likeness (QED) is 0.0424. The van der Waals surface area contributed by atoms with E-state index in [1.807, 2.05) is 11.8 Å². The molecule has 1 aromatic rings. The zero-order chi connectivity index (χ0) is 30.7. The number of amides is 3. The maximum absolute atomic E-state index is 12.0. The standard InChI is InChI=1S/C27H40N4O11S/c32-24(4-2-1-3-23-25-22(19-43-23)29-26(33)30-25)28-9-10-37-11-12-38-13-14-39-15-16-40-17-18-41-27(34)42-21-7-5-20(6-8-21)31(35)36/h5-8,22-23,25H,1-4,9-19H2,(H,28,32)(H2,29,30,33)/t22-,23-,25-/m0/s1. The molecule has 43 heavy (non-hydrogen) atoms. The van der Waals surface area contributed by atoms with Crippen molar-refractivity contribution in [1.29, 1.82) is 0 Å². The summed E-state index contributed by atoms with van der Waals surface area (Å²) in [6.45, 7) is 3.30. The van der Waals surface area contributed by atoms with E-state index in [0.29, 0.717) is 64.5 Å². The second-order valence-corrected chi connectivity index (χ2v) is 10.9. The van der Waals surface area contributed by atoms with E-state index in [1.165, 1.54) is 24.3 Å². The first-order chi connectivity index (χ1) is 20.9. The van der Waals surface area contributed by atoms with Crippen molar-refractivity contribution in [2.45, 2.75) is 43.0 Å². The fourth-order valence-corrected chi connectivity index (χ4v) is 5.88. The van der Waals surface area contributed by atoms with Crippen molar-refractivity contribution in [1.82, 2.24) is 16.0 Å². The van der Waals surface area contributed by atoms with Crippen LogP contribution < -0.4 is 20.7 Å². The zero-order valence-electron chi connectivity index (χ0n) is 24.0. The topological polar surface area (TPSA) is 186 Å². The fraction of sp³-hybridized carbons (Fsp3) is 0.667. The number of nitrogens with zero attached hydrogens (tertiary/aromatic N) is 1. The largest absolute Gasteiger partial charge is 0.513 e. The zero-order valence-corrected chi connectivity index (χ0v) is 24.8. The smallest absolute Gasteiger partial charge is 0.432 e. The van der Waals surface area contributed by atoms with Crippen LogP contribution in [-0.4, -0.2) is 112 Å². The molecule has 15 nitrogen and oxygen atoms in total. The van der Waals surface area contributed by atoms with Crippen LogP contribution in [0.1, 0.15) is 25.7 Å². The predicted octanol–water partition coefficient (Wildman–Crippen LogP) is 2.02. The molecular formula is C27H40N4O11S.